The quantitative estimate of drug-likeness (QED) is 0.626. The van der Waals surface area contributed by atoms with Gasteiger partial charge in [-0.3, -0.25) is 9.63 Å². The summed E-state index contributed by atoms with van der Waals surface area (Å²) in [5.41, 5.74) is 1.83. The van der Waals surface area contributed by atoms with E-state index < -0.39 is 17.4 Å². The molecular formula is C21H21NO4. The van der Waals surface area contributed by atoms with Gasteiger partial charge in [-0.15, -0.1) is 0 Å². The molecule has 5 nitrogen and oxygen atoms in total. The van der Waals surface area contributed by atoms with E-state index in [2.05, 4.69) is 6.07 Å². The van der Waals surface area contributed by atoms with E-state index in [-0.39, 0.29) is 18.6 Å². The molecule has 0 N–H and O–H groups in total. The second-order valence-electron chi connectivity index (χ2n) is 6.86. The summed E-state index contributed by atoms with van der Waals surface area (Å²) in [6, 6.07) is 17.7. The molecule has 2 aliphatic rings. The number of ether oxygens (including phenoxy) is 1. The molecule has 3 atom stereocenters. The van der Waals surface area contributed by atoms with Gasteiger partial charge in [-0.2, -0.15) is 0 Å². The number of rotatable bonds is 4. The number of nitrogens with zero attached hydrogens (tertiary/aromatic N) is 1. The van der Waals surface area contributed by atoms with Crippen LogP contribution in [0.3, 0.4) is 0 Å². The van der Waals surface area contributed by atoms with Gasteiger partial charge in [-0.25, -0.2) is 9.86 Å². The first-order chi connectivity index (χ1) is 12.6. The van der Waals surface area contributed by atoms with Gasteiger partial charge in [0.25, 0.3) is 5.78 Å². The first-order valence-corrected chi connectivity index (χ1v) is 8.89. The van der Waals surface area contributed by atoms with Crippen LogP contribution in [0.2, 0.25) is 0 Å². The van der Waals surface area contributed by atoms with E-state index in [1.54, 1.807) is 18.9 Å². The minimum atomic E-state index is -1.29. The second-order valence-corrected chi connectivity index (χ2v) is 6.86. The minimum Gasteiger partial charge on any atom is -0.460 e. The number of benzene rings is 2. The molecular weight excluding hydrogens is 330 g/mol. The molecule has 1 fully saturated rings. The van der Waals surface area contributed by atoms with Crippen molar-refractivity contribution in [2.45, 2.75) is 37.8 Å². The van der Waals surface area contributed by atoms with Crippen molar-refractivity contribution < 1.29 is 19.2 Å². The fourth-order valence-electron chi connectivity index (χ4n) is 4.19. The van der Waals surface area contributed by atoms with Gasteiger partial charge in [-0.05, 0) is 43.5 Å². The summed E-state index contributed by atoms with van der Waals surface area (Å²) in [6.07, 6.45) is 0.765. The molecule has 1 aliphatic carbocycles. The SMILES string of the molecule is CCOC(=O)C(=O)[C@]1(C)ON(c2ccccc2)[C@H]2Cc3ccccc3[C@H]21. The Morgan fingerprint density at radius 3 is 2.58 bits per heavy atom. The van der Waals surface area contributed by atoms with Crippen LogP contribution < -0.4 is 5.06 Å². The zero-order valence-corrected chi connectivity index (χ0v) is 14.8. The highest BCUT2D eigenvalue weighted by Crippen LogP contribution is 2.51. The molecule has 1 saturated heterocycles. The maximum atomic E-state index is 13.0. The van der Waals surface area contributed by atoms with Crippen molar-refractivity contribution in [3.63, 3.8) is 0 Å². The number of fused-ring (bicyclic) bond motifs is 3. The van der Waals surface area contributed by atoms with Crippen LogP contribution in [-0.4, -0.2) is 30.0 Å². The predicted molar refractivity (Wildman–Crippen MR) is 96.7 cm³/mol. The fraction of sp³-hybridized carbons (Fsp3) is 0.333. The first kappa shape index (κ1) is 16.8. The Hall–Kier alpha value is -2.66. The largest absolute Gasteiger partial charge is 0.460 e. The first-order valence-electron chi connectivity index (χ1n) is 8.89. The molecule has 0 aromatic heterocycles. The van der Waals surface area contributed by atoms with Crippen LogP contribution in [0.25, 0.3) is 0 Å². The minimum absolute atomic E-state index is 0.0434. The highest BCUT2D eigenvalue weighted by atomic mass is 16.7. The average molecular weight is 351 g/mol. The van der Waals surface area contributed by atoms with Crippen molar-refractivity contribution in [3.8, 4) is 0 Å². The molecule has 0 unspecified atom stereocenters. The van der Waals surface area contributed by atoms with Crippen molar-refractivity contribution in [3.05, 3.63) is 65.7 Å². The van der Waals surface area contributed by atoms with Crippen LogP contribution >= 0.6 is 0 Å². The van der Waals surface area contributed by atoms with Crippen LogP contribution in [0.4, 0.5) is 5.69 Å². The van der Waals surface area contributed by atoms with E-state index in [4.69, 9.17) is 9.57 Å². The Morgan fingerprint density at radius 2 is 1.85 bits per heavy atom. The maximum absolute atomic E-state index is 13.0. The van der Waals surface area contributed by atoms with Gasteiger partial charge >= 0.3 is 5.97 Å². The van der Waals surface area contributed by atoms with Gasteiger partial charge in [0, 0.05) is 5.92 Å². The summed E-state index contributed by atoms with van der Waals surface area (Å²) in [4.78, 5) is 31.3. The van der Waals surface area contributed by atoms with Gasteiger partial charge in [0.05, 0.1) is 18.3 Å². The summed E-state index contributed by atoms with van der Waals surface area (Å²) < 4.78 is 4.97. The van der Waals surface area contributed by atoms with Gasteiger partial charge in [0.15, 0.2) is 5.60 Å². The van der Waals surface area contributed by atoms with E-state index in [9.17, 15) is 9.59 Å². The summed E-state index contributed by atoms with van der Waals surface area (Å²) >= 11 is 0. The summed E-state index contributed by atoms with van der Waals surface area (Å²) in [6.45, 7) is 3.55. The zero-order chi connectivity index (χ0) is 18.3. The molecule has 1 heterocycles. The number of hydroxylamine groups is 1. The standard InChI is InChI=1S/C21H21NO4/c1-3-25-20(24)19(23)21(2)18-16-12-8-7-9-14(16)13-17(18)22(26-21)15-10-5-4-6-11-15/h4-12,17-18H,3,13H2,1-2H3/t17-,18+,21+/m0/s1. The number of carbonyl (C=O) groups is 2. The Morgan fingerprint density at radius 1 is 1.15 bits per heavy atom. The molecule has 26 heavy (non-hydrogen) atoms. The molecule has 5 heteroatoms. The number of Topliss-reactive ketones (excluding diaryl/α,β-unsaturated/α-hetero) is 1. The van der Waals surface area contributed by atoms with E-state index in [1.807, 2.05) is 48.5 Å². The Labute approximate surface area is 152 Å². The van der Waals surface area contributed by atoms with Crippen LogP contribution in [0.15, 0.2) is 54.6 Å². The number of anilines is 1. The fourth-order valence-corrected chi connectivity index (χ4v) is 4.19. The zero-order valence-electron chi connectivity index (χ0n) is 14.8. The molecule has 0 bridgehead atoms. The van der Waals surface area contributed by atoms with Gasteiger partial charge in [0.2, 0.25) is 0 Å². The lowest BCUT2D eigenvalue weighted by Crippen LogP contribution is -2.45. The lowest BCUT2D eigenvalue weighted by Gasteiger charge is -2.27. The monoisotopic (exact) mass is 351 g/mol. The van der Waals surface area contributed by atoms with Crippen molar-refractivity contribution in [1.82, 2.24) is 0 Å². The van der Waals surface area contributed by atoms with Crippen molar-refractivity contribution >= 4 is 17.4 Å². The molecule has 2 aromatic carbocycles. The number of esters is 1. The third kappa shape index (κ3) is 2.42. The average Bonchev–Trinajstić information content (AvgIpc) is 3.19. The summed E-state index contributed by atoms with van der Waals surface area (Å²) in [5.74, 6) is -1.70. The van der Waals surface area contributed by atoms with E-state index in [0.29, 0.717) is 0 Å². The topological polar surface area (TPSA) is 55.8 Å². The van der Waals surface area contributed by atoms with Gasteiger partial charge in [0.1, 0.15) is 0 Å². The predicted octanol–water partition coefficient (Wildman–Crippen LogP) is 3.04. The molecule has 0 amide bonds. The lowest BCUT2D eigenvalue weighted by molar-refractivity contribution is -0.163. The molecule has 0 spiro atoms. The molecule has 0 saturated carbocycles. The second kappa shape index (κ2) is 6.25. The van der Waals surface area contributed by atoms with E-state index in [1.165, 1.54) is 5.56 Å². The Bertz CT molecular complexity index is 850. The van der Waals surface area contributed by atoms with Crippen molar-refractivity contribution in [2.75, 3.05) is 11.7 Å². The highest BCUT2D eigenvalue weighted by Gasteiger charge is 2.61. The molecule has 0 radical (unpaired) electrons. The van der Waals surface area contributed by atoms with E-state index >= 15 is 0 Å². The van der Waals surface area contributed by atoms with Crippen molar-refractivity contribution in [1.29, 1.82) is 0 Å². The van der Waals surface area contributed by atoms with Crippen LogP contribution in [0, 0.1) is 0 Å². The maximum Gasteiger partial charge on any atom is 0.377 e. The normalized spacial score (nSPS) is 26.3. The molecule has 134 valence electrons. The Kier molecular flexibility index (Phi) is 4.04. The molecule has 2 aromatic rings. The molecule has 1 aliphatic heterocycles. The third-order valence-electron chi connectivity index (χ3n) is 5.31. The number of ketones is 1. The number of para-hydroxylation sites is 1. The lowest BCUT2D eigenvalue weighted by atomic mass is 9.80. The van der Waals surface area contributed by atoms with Gasteiger partial charge < -0.3 is 4.74 Å². The van der Waals surface area contributed by atoms with E-state index in [0.717, 1.165) is 17.7 Å². The van der Waals surface area contributed by atoms with Crippen LogP contribution in [-0.2, 0) is 25.6 Å². The summed E-state index contributed by atoms with van der Waals surface area (Å²) in [5, 5.41) is 1.79. The highest BCUT2D eigenvalue weighted by molar-refractivity contribution is 6.37. The third-order valence-corrected chi connectivity index (χ3v) is 5.31. The van der Waals surface area contributed by atoms with Crippen LogP contribution in [0.1, 0.15) is 30.9 Å². The Balaban J connectivity index is 1.79. The van der Waals surface area contributed by atoms with Crippen molar-refractivity contribution in [2.24, 2.45) is 0 Å². The van der Waals surface area contributed by atoms with Gasteiger partial charge in [-0.1, -0.05) is 42.5 Å². The molecule has 4 rings (SSSR count). The number of carbonyl (C=O) groups excluding carboxylic acids is 2. The number of hydrogen-bond acceptors (Lipinski definition) is 5. The summed E-state index contributed by atoms with van der Waals surface area (Å²) in [7, 11) is 0. The number of hydrogen-bond donors (Lipinski definition) is 0. The van der Waals surface area contributed by atoms with Crippen LogP contribution in [0.5, 0.6) is 0 Å². The smallest absolute Gasteiger partial charge is 0.377 e.